The molecule has 1 aliphatic rings. The van der Waals surface area contributed by atoms with Crippen molar-refractivity contribution < 1.29 is 8.42 Å². The average Bonchev–Trinajstić information content (AvgIpc) is 3.33. The molecule has 0 unspecified atom stereocenters. The van der Waals surface area contributed by atoms with Crippen LogP contribution in [0.4, 0.5) is 0 Å². The Bertz CT molecular complexity index is 826. The van der Waals surface area contributed by atoms with Gasteiger partial charge in [-0.2, -0.15) is 0 Å². The summed E-state index contributed by atoms with van der Waals surface area (Å²) in [6.45, 7) is 2.96. The van der Waals surface area contributed by atoms with Gasteiger partial charge in [0, 0.05) is 32.3 Å². The fourth-order valence-corrected chi connectivity index (χ4v) is 4.43. The summed E-state index contributed by atoms with van der Waals surface area (Å²) in [6.07, 6.45) is 2.40. The van der Waals surface area contributed by atoms with Gasteiger partial charge in [-0.05, 0) is 37.5 Å². The molecule has 0 N–H and O–H groups in total. The molecule has 3 rings (SSSR count). The van der Waals surface area contributed by atoms with Crippen molar-refractivity contribution in [3.63, 3.8) is 0 Å². The van der Waals surface area contributed by atoms with Crippen LogP contribution in [-0.4, -0.2) is 41.6 Å². The van der Waals surface area contributed by atoms with Crippen molar-refractivity contribution in [3.8, 4) is 0 Å². The minimum absolute atomic E-state index is 0.321. The predicted molar refractivity (Wildman–Crippen MR) is 94.5 cm³/mol. The lowest BCUT2D eigenvalue weighted by molar-refractivity contribution is 0.520. The highest BCUT2D eigenvalue weighted by molar-refractivity contribution is 7.98. The molecule has 130 valence electrons. The van der Waals surface area contributed by atoms with Crippen LogP contribution in [0.1, 0.15) is 37.1 Å². The van der Waals surface area contributed by atoms with Crippen molar-refractivity contribution >= 4 is 21.8 Å². The van der Waals surface area contributed by atoms with E-state index in [1.807, 2.05) is 6.07 Å². The van der Waals surface area contributed by atoms with Gasteiger partial charge in [0.15, 0.2) is 5.16 Å². The highest BCUT2D eigenvalue weighted by Crippen LogP contribution is 2.40. The molecule has 1 fully saturated rings. The Balaban J connectivity index is 1.76. The predicted octanol–water partition coefficient (Wildman–Crippen LogP) is 2.72. The van der Waals surface area contributed by atoms with E-state index < -0.39 is 10.0 Å². The molecule has 1 heterocycles. The second-order valence-electron chi connectivity index (χ2n) is 6.08. The zero-order valence-electron chi connectivity index (χ0n) is 14.1. The molecular formula is C16H22N4O2S2. The second kappa shape index (κ2) is 6.85. The molecule has 0 atom stereocenters. The largest absolute Gasteiger partial charge is 0.306 e. The molecule has 0 bridgehead atoms. The third kappa shape index (κ3) is 3.50. The van der Waals surface area contributed by atoms with E-state index >= 15 is 0 Å². The monoisotopic (exact) mass is 366 g/mol. The number of hydrogen-bond donors (Lipinski definition) is 0. The van der Waals surface area contributed by atoms with E-state index in [0.717, 1.165) is 23.1 Å². The summed E-state index contributed by atoms with van der Waals surface area (Å²) in [5.41, 5.74) is 0.960. The van der Waals surface area contributed by atoms with E-state index in [0.29, 0.717) is 16.6 Å². The van der Waals surface area contributed by atoms with Gasteiger partial charge in [0.05, 0.1) is 4.90 Å². The van der Waals surface area contributed by atoms with E-state index in [1.54, 1.807) is 44.1 Å². The lowest BCUT2D eigenvalue weighted by Gasteiger charge is -2.12. The number of rotatable bonds is 7. The topological polar surface area (TPSA) is 68.1 Å². The van der Waals surface area contributed by atoms with E-state index in [2.05, 4.69) is 21.7 Å². The number of hydrogen-bond acceptors (Lipinski definition) is 5. The van der Waals surface area contributed by atoms with Crippen LogP contribution in [0, 0.1) is 0 Å². The number of benzene rings is 1. The Morgan fingerprint density at radius 3 is 2.67 bits per heavy atom. The van der Waals surface area contributed by atoms with Gasteiger partial charge in [-0.3, -0.25) is 0 Å². The molecule has 2 aromatic rings. The first-order valence-electron chi connectivity index (χ1n) is 8.01. The number of aromatic nitrogens is 3. The van der Waals surface area contributed by atoms with Crippen molar-refractivity contribution in [3.05, 3.63) is 35.7 Å². The summed E-state index contributed by atoms with van der Waals surface area (Å²) < 4.78 is 27.9. The Morgan fingerprint density at radius 2 is 2.04 bits per heavy atom. The van der Waals surface area contributed by atoms with E-state index in [-0.39, 0.29) is 0 Å². The fourth-order valence-electron chi connectivity index (χ4n) is 2.50. The van der Waals surface area contributed by atoms with Gasteiger partial charge in [0.25, 0.3) is 0 Å². The van der Waals surface area contributed by atoms with Gasteiger partial charge in [0.1, 0.15) is 5.82 Å². The van der Waals surface area contributed by atoms with Gasteiger partial charge >= 0.3 is 0 Å². The zero-order chi connectivity index (χ0) is 17.3. The van der Waals surface area contributed by atoms with Gasteiger partial charge in [0.2, 0.25) is 10.0 Å². The third-order valence-electron chi connectivity index (χ3n) is 4.05. The quantitative estimate of drug-likeness (QED) is 0.705. The molecule has 8 heteroatoms. The maximum absolute atomic E-state index is 12.2. The summed E-state index contributed by atoms with van der Waals surface area (Å²) in [6, 6.07) is 7.09. The average molecular weight is 367 g/mol. The maximum atomic E-state index is 12.2. The molecule has 0 spiro atoms. The summed E-state index contributed by atoms with van der Waals surface area (Å²) >= 11 is 1.60. The Morgan fingerprint density at radius 1 is 1.29 bits per heavy atom. The standard InChI is InChI=1S/C16H22N4O2S2/c1-4-20-15(13-8-9-13)17-18-16(20)23-11-12-6-5-7-14(10-12)24(21,22)19(2)3/h5-7,10,13H,4,8-9,11H2,1-3H3. The van der Waals surface area contributed by atoms with Crippen molar-refractivity contribution in [1.29, 1.82) is 0 Å². The van der Waals surface area contributed by atoms with Crippen LogP contribution in [-0.2, 0) is 22.3 Å². The van der Waals surface area contributed by atoms with Crippen LogP contribution in [0.2, 0.25) is 0 Å². The molecule has 1 aromatic heterocycles. The summed E-state index contributed by atoms with van der Waals surface area (Å²) in [5.74, 6) is 2.32. The van der Waals surface area contributed by atoms with Crippen LogP contribution in [0.25, 0.3) is 0 Å². The minimum atomic E-state index is -3.40. The maximum Gasteiger partial charge on any atom is 0.242 e. The highest BCUT2D eigenvalue weighted by atomic mass is 32.2. The SMILES string of the molecule is CCn1c(SCc2cccc(S(=O)(=O)N(C)C)c2)nnc1C1CC1. The van der Waals surface area contributed by atoms with Crippen LogP contribution >= 0.6 is 11.8 Å². The van der Waals surface area contributed by atoms with E-state index in [4.69, 9.17) is 0 Å². The number of nitrogens with zero attached hydrogens (tertiary/aromatic N) is 4. The number of sulfonamides is 1. The Labute approximate surface area is 147 Å². The minimum Gasteiger partial charge on any atom is -0.306 e. The van der Waals surface area contributed by atoms with Gasteiger partial charge < -0.3 is 4.57 Å². The van der Waals surface area contributed by atoms with Crippen molar-refractivity contribution in [1.82, 2.24) is 19.1 Å². The first-order valence-corrected chi connectivity index (χ1v) is 10.4. The molecule has 0 amide bonds. The Kier molecular flexibility index (Phi) is 4.98. The third-order valence-corrected chi connectivity index (χ3v) is 6.90. The van der Waals surface area contributed by atoms with Crippen molar-refractivity contribution in [2.45, 2.75) is 48.0 Å². The van der Waals surface area contributed by atoms with E-state index in [1.165, 1.54) is 17.1 Å². The van der Waals surface area contributed by atoms with Gasteiger partial charge in [-0.1, -0.05) is 23.9 Å². The lowest BCUT2D eigenvalue weighted by atomic mass is 10.2. The zero-order valence-corrected chi connectivity index (χ0v) is 15.8. The molecule has 0 radical (unpaired) electrons. The first kappa shape index (κ1) is 17.4. The van der Waals surface area contributed by atoms with Crippen LogP contribution in [0.5, 0.6) is 0 Å². The van der Waals surface area contributed by atoms with Crippen molar-refractivity contribution in [2.24, 2.45) is 0 Å². The molecule has 0 saturated heterocycles. The van der Waals surface area contributed by atoms with E-state index in [9.17, 15) is 8.42 Å². The van der Waals surface area contributed by atoms with Gasteiger partial charge in [-0.25, -0.2) is 12.7 Å². The fraction of sp³-hybridized carbons (Fsp3) is 0.500. The smallest absolute Gasteiger partial charge is 0.242 e. The Hall–Kier alpha value is -1.38. The molecule has 0 aliphatic heterocycles. The molecule has 1 aliphatic carbocycles. The normalized spacial score (nSPS) is 15.2. The highest BCUT2D eigenvalue weighted by Gasteiger charge is 2.30. The van der Waals surface area contributed by atoms with Crippen LogP contribution < -0.4 is 0 Å². The van der Waals surface area contributed by atoms with Crippen LogP contribution in [0.15, 0.2) is 34.3 Å². The van der Waals surface area contributed by atoms with Crippen LogP contribution in [0.3, 0.4) is 0 Å². The lowest BCUT2D eigenvalue weighted by Crippen LogP contribution is -2.22. The summed E-state index contributed by atoms with van der Waals surface area (Å²) in [4.78, 5) is 0.321. The molecular weight excluding hydrogens is 344 g/mol. The van der Waals surface area contributed by atoms with Crippen molar-refractivity contribution in [2.75, 3.05) is 14.1 Å². The summed E-state index contributed by atoms with van der Waals surface area (Å²) in [5, 5.41) is 9.55. The molecule has 1 saturated carbocycles. The number of thioether (sulfide) groups is 1. The molecule has 6 nitrogen and oxygen atoms in total. The summed E-state index contributed by atoms with van der Waals surface area (Å²) in [7, 11) is -0.320. The van der Waals surface area contributed by atoms with Gasteiger partial charge in [-0.15, -0.1) is 10.2 Å². The first-order chi connectivity index (χ1) is 11.4. The molecule has 1 aromatic carbocycles. The second-order valence-corrected chi connectivity index (χ2v) is 9.18. The molecule has 24 heavy (non-hydrogen) atoms.